The Hall–Kier alpha value is -1.75. The number of nitrogens with zero attached hydrogens (tertiary/aromatic N) is 1. The molecule has 2 aromatic rings. The minimum absolute atomic E-state index is 0.287. The van der Waals surface area contributed by atoms with E-state index in [4.69, 9.17) is 9.52 Å². The van der Waals surface area contributed by atoms with Crippen LogP contribution in [0.15, 0.2) is 39.0 Å². The first kappa shape index (κ1) is 11.7. The number of carbonyl (C=O) groups is 1. The molecule has 0 aliphatic carbocycles. The average molecular weight is 249 g/mol. The van der Waals surface area contributed by atoms with Crippen molar-refractivity contribution in [3.63, 3.8) is 0 Å². The Morgan fingerprint density at radius 1 is 1.41 bits per heavy atom. The SMILES string of the molecule is Cc1coc(Sc2ccc(C(=O)O)cc2C)n1. The Bertz CT molecular complexity index is 563. The van der Waals surface area contributed by atoms with Crippen LogP contribution in [0, 0.1) is 13.8 Å². The van der Waals surface area contributed by atoms with Gasteiger partial charge < -0.3 is 9.52 Å². The van der Waals surface area contributed by atoms with Crippen LogP contribution in [-0.4, -0.2) is 16.1 Å². The Balaban J connectivity index is 2.25. The molecule has 1 aromatic carbocycles. The highest BCUT2D eigenvalue weighted by molar-refractivity contribution is 7.99. The van der Waals surface area contributed by atoms with E-state index in [2.05, 4.69) is 4.98 Å². The predicted molar refractivity (Wildman–Crippen MR) is 63.5 cm³/mol. The molecule has 0 saturated carbocycles. The lowest BCUT2D eigenvalue weighted by molar-refractivity contribution is 0.0696. The van der Waals surface area contributed by atoms with Gasteiger partial charge in [-0.2, -0.15) is 0 Å². The van der Waals surface area contributed by atoms with Crippen molar-refractivity contribution in [2.75, 3.05) is 0 Å². The molecule has 0 saturated heterocycles. The van der Waals surface area contributed by atoms with Gasteiger partial charge >= 0.3 is 5.97 Å². The Kier molecular flexibility index (Phi) is 3.19. The number of benzene rings is 1. The van der Waals surface area contributed by atoms with Crippen LogP contribution >= 0.6 is 11.8 Å². The van der Waals surface area contributed by atoms with Gasteiger partial charge in [0.25, 0.3) is 5.22 Å². The van der Waals surface area contributed by atoms with Gasteiger partial charge in [-0.3, -0.25) is 0 Å². The monoisotopic (exact) mass is 249 g/mol. The minimum atomic E-state index is -0.920. The first-order valence-electron chi connectivity index (χ1n) is 5.00. The normalized spacial score (nSPS) is 10.5. The van der Waals surface area contributed by atoms with Crippen molar-refractivity contribution in [3.05, 3.63) is 41.3 Å². The van der Waals surface area contributed by atoms with E-state index in [9.17, 15) is 4.79 Å². The number of carboxylic acids is 1. The molecule has 2 rings (SSSR count). The highest BCUT2D eigenvalue weighted by Crippen LogP contribution is 2.30. The smallest absolute Gasteiger partial charge is 0.335 e. The van der Waals surface area contributed by atoms with E-state index in [0.29, 0.717) is 5.22 Å². The van der Waals surface area contributed by atoms with Crippen molar-refractivity contribution in [1.82, 2.24) is 4.98 Å². The van der Waals surface area contributed by atoms with Gasteiger partial charge in [-0.15, -0.1) is 0 Å². The summed E-state index contributed by atoms with van der Waals surface area (Å²) in [5.41, 5.74) is 2.01. The maximum atomic E-state index is 10.8. The van der Waals surface area contributed by atoms with Gasteiger partial charge in [-0.1, -0.05) is 0 Å². The molecule has 1 aromatic heterocycles. The van der Waals surface area contributed by atoms with Crippen LogP contribution < -0.4 is 0 Å². The molecule has 0 amide bonds. The Labute approximate surface area is 103 Å². The lowest BCUT2D eigenvalue weighted by Gasteiger charge is -2.03. The van der Waals surface area contributed by atoms with Gasteiger partial charge in [0.15, 0.2) is 0 Å². The largest absolute Gasteiger partial charge is 0.478 e. The van der Waals surface area contributed by atoms with Gasteiger partial charge in [0.1, 0.15) is 6.26 Å². The second-order valence-electron chi connectivity index (χ2n) is 3.64. The molecule has 17 heavy (non-hydrogen) atoms. The van der Waals surface area contributed by atoms with Gasteiger partial charge in [-0.05, 0) is 49.4 Å². The summed E-state index contributed by atoms with van der Waals surface area (Å²) in [6.45, 7) is 3.72. The van der Waals surface area contributed by atoms with Crippen LogP contribution in [0.4, 0.5) is 0 Å². The van der Waals surface area contributed by atoms with E-state index in [1.165, 1.54) is 11.8 Å². The first-order valence-corrected chi connectivity index (χ1v) is 5.82. The van der Waals surface area contributed by atoms with Crippen molar-refractivity contribution < 1.29 is 14.3 Å². The Morgan fingerprint density at radius 3 is 2.71 bits per heavy atom. The summed E-state index contributed by atoms with van der Waals surface area (Å²) in [4.78, 5) is 15.9. The van der Waals surface area contributed by atoms with Crippen molar-refractivity contribution in [1.29, 1.82) is 0 Å². The number of aryl methyl sites for hydroxylation is 2. The number of aromatic nitrogens is 1. The van der Waals surface area contributed by atoms with Crippen molar-refractivity contribution >= 4 is 17.7 Å². The van der Waals surface area contributed by atoms with Crippen LogP contribution in [-0.2, 0) is 0 Å². The molecule has 5 heteroatoms. The second kappa shape index (κ2) is 4.63. The van der Waals surface area contributed by atoms with E-state index < -0.39 is 5.97 Å². The Morgan fingerprint density at radius 2 is 2.18 bits per heavy atom. The lowest BCUT2D eigenvalue weighted by Crippen LogP contribution is -1.96. The maximum absolute atomic E-state index is 10.8. The number of hydrogen-bond acceptors (Lipinski definition) is 4. The quantitative estimate of drug-likeness (QED) is 0.905. The number of oxazole rings is 1. The molecular weight excluding hydrogens is 238 g/mol. The van der Waals surface area contributed by atoms with Crippen LogP contribution in [0.2, 0.25) is 0 Å². The van der Waals surface area contributed by atoms with Crippen LogP contribution in [0.5, 0.6) is 0 Å². The van der Waals surface area contributed by atoms with Crippen LogP contribution in [0.1, 0.15) is 21.6 Å². The van der Waals surface area contributed by atoms with E-state index in [1.807, 2.05) is 13.8 Å². The summed E-state index contributed by atoms with van der Waals surface area (Å²) >= 11 is 1.38. The van der Waals surface area contributed by atoms with E-state index >= 15 is 0 Å². The maximum Gasteiger partial charge on any atom is 0.335 e. The fraction of sp³-hybridized carbons (Fsp3) is 0.167. The number of hydrogen-bond donors (Lipinski definition) is 1. The second-order valence-corrected chi connectivity index (χ2v) is 4.64. The molecule has 0 aliphatic rings. The summed E-state index contributed by atoms with van der Waals surface area (Å²) in [6, 6.07) is 4.98. The molecule has 1 N–H and O–H groups in total. The third-order valence-electron chi connectivity index (χ3n) is 2.22. The lowest BCUT2D eigenvalue weighted by atomic mass is 10.1. The number of aromatic carboxylic acids is 1. The van der Waals surface area contributed by atoms with E-state index in [1.54, 1.807) is 24.5 Å². The fourth-order valence-electron chi connectivity index (χ4n) is 1.37. The number of rotatable bonds is 3. The van der Waals surface area contributed by atoms with Gasteiger partial charge in [-0.25, -0.2) is 9.78 Å². The van der Waals surface area contributed by atoms with Gasteiger partial charge in [0.05, 0.1) is 11.3 Å². The minimum Gasteiger partial charge on any atom is -0.478 e. The molecule has 1 heterocycles. The average Bonchev–Trinajstić information content (AvgIpc) is 2.67. The zero-order valence-electron chi connectivity index (χ0n) is 9.43. The van der Waals surface area contributed by atoms with Gasteiger partial charge in [0.2, 0.25) is 0 Å². The highest BCUT2D eigenvalue weighted by atomic mass is 32.2. The molecular formula is C12H11NO3S. The molecule has 0 spiro atoms. The molecule has 0 unspecified atom stereocenters. The van der Waals surface area contributed by atoms with Crippen molar-refractivity contribution in [2.45, 2.75) is 24.0 Å². The molecule has 0 radical (unpaired) electrons. The predicted octanol–water partition coefficient (Wildman–Crippen LogP) is 3.14. The summed E-state index contributed by atoms with van der Waals surface area (Å²) in [7, 11) is 0. The van der Waals surface area contributed by atoms with Crippen molar-refractivity contribution in [3.8, 4) is 0 Å². The zero-order valence-corrected chi connectivity index (χ0v) is 10.2. The molecule has 0 atom stereocenters. The third-order valence-corrected chi connectivity index (χ3v) is 3.26. The van der Waals surface area contributed by atoms with Gasteiger partial charge in [0, 0.05) is 4.90 Å². The zero-order chi connectivity index (χ0) is 12.4. The number of carboxylic acid groups (broad SMARTS) is 1. The molecule has 4 nitrogen and oxygen atoms in total. The van der Waals surface area contributed by atoms with Crippen molar-refractivity contribution in [2.24, 2.45) is 0 Å². The first-order chi connectivity index (χ1) is 8.06. The summed E-state index contributed by atoms with van der Waals surface area (Å²) in [5.74, 6) is -0.920. The third kappa shape index (κ3) is 2.68. The van der Waals surface area contributed by atoms with E-state index in [0.717, 1.165) is 16.2 Å². The highest BCUT2D eigenvalue weighted by Gasteiger charge is 2.09. The molecule has 0 fully saturated rings. The fourth-order valence-corrected chi connectivity index (χ4v) is 2.20. The molecule has 0 aliphatic heterocycles. The summed E-state index contributed by atoms with van der Waals surface area (Å²) in [5, 5.41) is 9.42. The van der Waals surface area contributed by atoms with Crippen LogP contribution in [0.3, 0.4) is 0 Å². The summed E-state index contributed by atoms with van der Waals surface area (Å²) in [6.07, 6.45) is 1.59. The summed E-state index contributed by atoms with van der Waals surface area (Å²) < 4.78 is 5.24. The standard InChI is InChI=1S/C12H11NO3S/c1-7-5-9(11(14)15)3-4-10(7)17-12-13-8(2)6-16-12/h3-6H,1-2H3,(H,14,15). The van der Waals surface area contributed by atoms with E-state index in [-0.39, 0.29) is 5.56 Å². The topological polar surface area (TPSA) is 63.3 Å². The van der Waals surface area contributed by atoms with Crippen LogP contribution in [0.25, 0.3) is 0 Å². The molecule has 88 valence electrons. The molecule has 0 bridgehead atoms.